The molecule has 0 aliphatic heterocycles. The van der Waals surface area contributed by atoms with Crippen molar-refractivity contribution in [1.82, 2.24) is 4.98 Å². The van der Waals surface area contributed by atoms with Gasteiger partial charge in [-0.3, -0.25) is 4.98 Å². The molecule has 0 aromatic carbocycles. The van der Waals surface area contributed by atoms with Crippen molar-refractivity contribution in [3.63, 3.8) is 0 Å². The standard InChI is InChI=1S/C13H13N/c1-2-11-5-7-12(8-6-11)13-4-3-9-14-10-13/h2-5,7-10H,6H2,1H3/b11-2-. The van der Waals surface area contributed by atoms with Crippen molar-refractivity contribution >= 4 is 5.57 Å². The Morgan fingerprint density at radius 1 is 1.36 bits per heavy atom. The number of rotatable bonds is 1. The summed E-state index contributed by atoms with van der Waals surface area (Å²) in [5, 5.41) is 0. The first-order valence-electron chi connectivity index (χ1n) is 4.84. The van der Waals surface area contributed by atoms with Gasteiger partial charge in [0, 0.05) is 12.4 Å². The maximum absolute atomic E-state index is 4.11. The van der Waals surface area contributed by atoms with Gasteiger partial charge in [-0.15, -0.1) is 0 Å². The average molecular weight is 183 g/mol. The van der Waals surface area contributed by atoms with Crippen molar-refractivity contribution in [3.05, 3.63) is 60.0 Å². The van der Waals surface area contributed by atoms with Crippen molar-refractivity contribution in [2.75, 3.05) is 0 Å². The van der Waals surface area contributed by atoms with Gasteiger partial charge in [0.25, 0.3) is 0 Å². The molecule has 1 heteroatoms. The molecule has 0 fully saturated rings. The Morgan fingerprint density at radius 2 is 2.29 bits per heavy atom. The SMILES string of the molecule is C/C=C1/C=CC(c2cccnc2)=CC1. The highest BCUT2D eigenvalue weighted by Crippen LogP contribution is 2.22. The van der Waals surface area contributed by atoms with Crippen LogP contribution >= 0.6 is 0 Å². The summed E-state index contributed by atoms with van der Waals surface area (Å²) in [5.41, 5.74) is 3.83. The molecule has 1 heterocycles. The first-order chi connectivity index (χ1) is 6.90. The number of allylic oxidation sites excluding steroid dienone is 6. The lowest BCUT2D eigenvalue weighted by Gasteiger charge is -2.08. The predicted octanol–water partition coefficient (Wildman–Crippen LogP) is 3.37. The van der Waals surface area contributed by atoms with E-state index in [1.54, 1.807) is 6.20 Å². The Labute approximate surface area is 84.5 Å². The molecule has 2 rings (SSSR count). The van der Waals surface area contributed by atoms with Crippen molar-refractivity contribution in [1.29, 1.82) is 0 Å². The first-order valence-corrected chi connectivity index (χ1v) is 4.84. The van der Waals surface area contributed by atoms with Gasteiger partial charge in [0.2, 0.25) is 0 Å². The van der Waals surface area contributed by atoms with E-state index < -0.39 is 0 Å². The minimum Gasteiger partial charge on any atom is -0.264 e. The van der Waals surface area contributed by atoms with Crippen LogP contribution in [0.25, 0.3) is 5.57 Å². The van der Waals surface area contributed by atoms with Crippen LogP contribution in [-0.2, 0) is 0 Å². The Balaban J connectivity index is 2.24. The first kappa shape index (κ1) is 8.95. The number of nitrogens with zero attached hydrogens (tertiary/aromatic N) is 1. The van der Waals surface area contributed by atoms with Gasteiger partial charge >= 0.3 is 0 Å². The molecule has 0 saturated carbocycles. The fourth-order valence-corrected chi connectivity index (χ4v) is 1.52. The second kappa shape index (κ2) is 4.05. The summed E-state index contributed by atoms with van der Waals surface area (Å²) in [5.74, 6) is 0. The average Bonchev–Trinajstić information content (AvgIpc) is 2.30. The molecule has 14 heavy (non-hydrogen) atoms. The molecule has 0 amide bonds. The van der Waals surface area contributed by atoms with Gasteiger partial charge < -0.3 is 0 Å². The third-order valence-corrected chi connectivity index (χ3v) is 2.40. The molecule has 1 aromatic rings. The smallest absolute Gasteiger partial charge is 0.0346 e. The van der Waals surface area contributed by atoms with E-state index in [4.69, 9.17) is 0 Å². The molecule has 0 N–H and O–H groups in total. The van der Waals surface area contributed by atoms with Gasteiger partial charge in [-0.05, 0) is 36.1 Å². The molecular weight excluding hydrogens is 170 g/mol. The van der Waals surface area contributed by atoms with Crippen molar-refractivity contribution in [2.24, 2.45) is 0 Å². The van der Waals surface area contributed by atoms with Gasteiger partial charge in [0.1, 0.15) is 0 Å². The summed E-state index contributed by atoms with van der Waals surface area (Å²) in [6.07, 6.45) is 13.4. The van der Waals surface area contributed by atoms with Crippen LogP contribution < -0.4 is 0 Å². The summed E-state index contributed by atoms with van der Waals surface area (Å²) < 4.78 is 0. The summed E-state index contributed by atoms with van der Waals surface area (Å²) in [4.78, 5) is 4.11. The molecule has 0 saturated heterocycles. The number of hydrogen-bond donors (Lipinski definition) is 0. The van der Waals surface area contributed by atoms with Crippen LogP contribution in [0.3, 0.4) is 0 Å². The van der Waals surface area contributed by atoms with E-state index in [2.05, 4.69) is 42.3 Å². The molecule has 0 radical (unpaired) electrons. The van der Waals surface area contributed by atoms with E-state index in [1.807, 2.05) is 12.3 Å². The van der Waals surface area contributed by atoms with Crippen LogP contribution in [0.1, 0.15) is 18.9 Å². The highest BCUT2D eigenvalue weighted by molar-refractivity contribution is 5.75. The molecule has 1 aliphatic rings. The molecule has 1 aliphatic carbocycles. The third kappa shape index (κ3) is 1.82. The van der Waals surface area contributed by atoms with Crippen LogP contribution in [-0.4, -0.2) is 4.98 Å². The zero-order valence-electron chi connectivity index (χ0n) is 8.27. The molecule has 0 bridgehead atoms. The van der Waals surface area contributed by atoms with E-state index in [9.17, 15) is 0 Å². The van der Waals surface area contributed by atoms with Crippen LogP contribution in [0.2, 0.25) is 0 Å². The van der Waals surface area contributed by atoms with Gasteiger partial charge in [-0.25, -0.2) is 0 Å². The van der Waals surface area contributed by atoms with Crippen molar-refractivity contribution in [3.8, 4) is 0 Å². The predicted molar refractivity (Wildman–Crippen MR) is 59.7 cm³/mol. The molecule has 1 nitrogen and oxygen atoms in total. The lowest BCUT2D eigenvalue weighted by atomic mass is 9.98. The lowest BCUT2D eigenvalue weighted by Crippen LogP contribution is -1.88. The number of hydrogen-bond acceptors (Lipinski definition) is 1. The monoisotopic (exact) mass is 183 g/mol. The zero-order valence-corrected chi connectivity index (χ0v) is 8.27. The van der Waals surface area contributed by atoms with Crippen molar-refractivity contribution in [2.45, 2.75) is 13.3 Å². The van der Waals surface area contributed by atoms with E-state index in [1.165, 1.54) is 16.7 Å². The maximum Gasteiger partial charge on any atom is 0.0346 e. The number of pyridine rings is 1. The van der Waals surface area contributed by atoms with Gasteiger partial charge in [0.05, 0.1) is 0 Å². The molecule has 0 spiro atoms. The van der Waals surface area contributed by atoms with E-state index in [0.29, 0.717) is 0 Å². The third-order valence-electron chi connectivity index (χ3n) is 2.40. The molecular formula is C13H13N. The highest BCUT2D eigenvalue weighted by Gasteiger charge is 2.02. The molecule has 70 valence electrons. The second-order valence-corrected chi connectivity index (χ2v) is 3.30. The van der Waals surface area contributed by atoms with Gasteiger partial charge in [0.15, 0.2) is 0 Å². The van der Waals surface area contributed by atoms with Crippen LogP contribution in [0, 0.1) is 0 Å². The van der Waals surface area contributed by atoms with Crippen LogP contribution in [0.15, 0.2) is 54.4 Å². The van der Waals surface area contributed by atoms with Crippen molar-refractivity contribution < 1.29 is 0 Å². The lowest BCUT2D eigenvalue weighted by molar-refractivity contribution is 1.24. The molecule has 0 unspecified atom stereocenters. The fourth-order valence-electron chi connectivity index (χ4n) is 1.52. The Morgan fingerprint density at radius 3 is 2.86 bits per heavy atom. The quantitative estimate of drug-likeness (QED) is 0.650. The minimum absolute atomic E-state index is 1.03. The van der Waals surface area contributed by atoms with E-state index in [-0.39, 0.29) is 0 Å². The maximum atomic E-state index is 4.11. The molecule has 1 aromatic heterocycles. The van der Waals surface area contributed by atoms with Gasteiger partial charge in [-0.2, -0.15) is 0 Å². The normalized spacial score (nSPS) is 18.4. The van der Waals surface area contributed by atoms with E-state index in [0.717, 1.165) is 6.42 Å². The summed E-state index contributed by atoms with van der Waals surface area (Å²) in [6, 6.07) is 4.05. The Kier molecular flexibility index (Phi) is 2.59. The largest absolute Gasteiger partial charge is 0.264 e. The van der Waals surface area contributed by atoms with E-state index >= 15 is 0 Å². The Bertz CT molecular complexity index is 397. The fraction of sp³-hybridized carbons (Fsp3) is 0.154. The number of aromatic nitrogens is 1. The molecule has 0 atom stereocenters. The minimum atomic E-state index is 1.03. The van der Waals surface area contributed by atoms with Crippen LogP contribution in [0.4, 0.5) is 0 Å². The Hall–Kier alpha value is -1.63. The summed E-state index contributed by atoms with van der Waals surface area (Å²) >= 11 is 0. The second-order valence-electron chi connectivity index (χ2n) is 3.30. The topological polar surface area (TPSA) is 12.9 Å². The van der Waals surface area contributed by atoms with Gasteiger partial charge in [-0.1, -0.05) is 30.4 Å². The summed E-state index contributed by atoms with van der Waals surface area (Å²) in [7, 11) is 0. The zero-order chi connectivity index (χ0) is 9.80. The highest BCUT2D eigenvalue weighted by atomic mass is 14.6. The summed E-state index contributed by atoms with van der Waals surface area (Å²) in [6.45, 7) is 2.07. The van der Waals surface area contributed by atoms with Crippen LogP contribution in [0.5, 0.6) is 0 Å².